The number of thiazole rings is 1. The van der Waals surface area contributed by atoms with E-state index < -0.39 is 57.1 Å². The third kappa shape index (κ3) is 5.19. The number of carbonyl (C=O) groups excluding carboxylic acids is 3. The van der Waals surface area contributed by atoms with Crippen molar-refractivity contribution in [1.29, 1.82) is 0 Å². The molecule has 0 radical (unpaired) electrons. The van der Waals surface area contributed by atoms with E-state index in [1.165, 1.54) is 23.8 Å². The van der Waals surface area contributed by atoms with Gasteiger partial charge in [-0.15, -0.1) is 0 Å². The van der Waals surface area contributed by atoms with Crippen molar-refractivity contribution in [2.45, 2.75) is 35.8 Å². The predicted molar refractivity (Wildman–Crippen MR) is 160 cm³/mol. The van der Waals surface area contributed by atoms with Gasteiger partial charge in [-0.1, -0.05) is 65.1 Å². The monoisotopic (exact) mass is 639 g/mol. The van der Waals surface area contributed by atoms with Gasteiger partial charge in [0.25, 0.3) is 0 Å². The number of alkyl halides is 3. The van der Waals surface area contributed by atoms with Crippen molar-refractivity contribution < 1.29 is 32.3 Å². The van der Waals surface area contributed by atoms with Crippen molar-refractivity contribution in [3.63, 3.8) is 0 Å². The first-order valence-corrected chi connectivity index (χ1v) is 15.1. The molecular formula is C31H24F3N3O5S2. The zero-order chi connectivity index (χ0) is 31.3. The van der Waals surface area contributed by atoms with Gasteiger partial charge in [0.05, 0.1) is 29.3 Å². The number of thioether (sulfide) groups is 1. The number of aromatic nitrogens is 1. The third-order valence-corrected chi connectivity index (χ3v) is 10.2. The lowest BCUT2D eigenvalue weighted by Crippen LogP contribution is -2.33. The van der Waals surface area contributed by atoms with Gasteiger partial charge in [-0.05, 0) is 48.9 Å². The van der Waals surface area contributed by atoms with Crippen molar-refractivity contribution in [2.24, 2.45) is 5.92 Å². The van der Waals surface area contributed by atoms with E-state index in [2.05, 4.69) is 5.32 Å². The summed E-state index contributed by atoms with van der Waals surface area (Å²) in [4.78, 5) is 54.8. The molecule has 1 aromatic heterocycles. The summed E-state index contributed by atoms with van der Waals surface area (Å²) in [7, 11) is 1.49. The van der Waals surface area contributed by atoms with Gasteiger partial charge in [0.15, 0.2) is 0 Å². The molecule has 1 N–H and O–H groups in total. The summed E-state index contributed by atoms with van der Waals surface area (Å²) in [6.07, 6.45) is -4.81. The molecule has 0 spiro atoms. The maximum absolute atomic E-state index is 14.0. The van der Waals surface area contributed by atoms with Gasteiger partial charge in [-0.3, -0.25) is 23.7 Å². The molecule has 0 saturated carbocycles. The van der Waals surface area contributed by atoms with E-state index in [1.807, 2.05) is 19.1 Å². The lowest BCUT2D eigenvalue weighted by Gasteiger charge is -2.30. The van der Waals surface area contributed by atoms with Crippen molar-refractivity contribution in [2.75, 3.05) is 17.3 Å². The summed E-state index contributed by atoms with van der Waals surface area (Å²) < 4.78 is 48.4. The van der Waals surface area contributed by atoms with E-state index in [1.54, 1.807) is 36.4 Å². The fourth-order valence-corrected chi connectivity index (χ4v) is 8.33. The van der Waals surface area contributed by atoms with Crippen molar-refractivity contribution in [3.8, 4) is 5.75 Å². The number of fused-ring (bicyclic) bond motifs is 2. The molecule has 8 nitrogen and oxygen atoms in total. The quantitative estimate of drug-likeness (QED) is 0.273. The Hall–Kier alpha value is -4.36. The molecule has 0 bridgehead atoms. The average molecular weight is 640 g/mol. The molecule has 226 valence electrons. The largest absolute Gasteiger partial charge is 0.497 e. The Bertz CT molecular complexity index is 1830. The molecule has 2 aliphatic rings. The van der Waals surface area contributed by atoms with Crippen LogP contribution in [0.5, 0.6) is 5.75 Å². The third-order valence-electron chi connectivity index (χ3n) is 7.61. The van der Waals surface area contributed by atoms with E-state index in [-0.39, 0.29) is 6.54 Å². The zero-order valence-electron chi connectivity index (χ0n) is 23.3. The summed E-state index contributed by atoms with van der Waals surface area (Å²) in [5.41, 5.74) is 0.468. The molecule has 3 atom stereocenters. The number of aryl methyl sites for hydroxylation is 1. The van der Waals surface area contributed by atoms with Crippen molar-refractivity contribution >= 4 is 52.2 Å². The molecular weight excluding hydrogens is 615 g/mol. The van der Waals surface area contributed by atoms with Crippen LogP contribution in [0.4, 0.5) is 24.5 Å². The molecule has 13 heteroatoms. The molecule has 0 aliphatic carbocycles. The minimum Gasteiger partial charge on any atom is -0.497 e. The Kier molecular flexibility index (Phi) is 7.62. The molecule has 3 amide bonds. The van der Waals surface area contributed by atoms with Crippen LogP contribution in [0.25, 0.3) is 0 Å². The van der Waals surface area contributed by atoms with Crippen LogP contribution in [0.15, 0.2) is 82.6 Å². The Morgan fingerprint density at radius 1 is 0.955 bits per heavy atom. The number of para-hydroxylation sites is 1. The molecule has 6 rings (SSSR count). The molecule has 2 aliphatic heterocycles. The first kappa shape index (κ1) is 29.7. The van der Waals surface area contributed by atoms with Gasteiger partial charge in [0, 0.05) is 16.5 Å². The standard InChI is InChI=1S/C31H24F3N3O5S2/c1-16-7-11-18(12-8-16)35-22(38)15-36-29-26(44-30(36)41)23(17-9-13-19(42-2)14-10-17)24-25(43-29)28(40)37(27(24)39)21-6-4-3-5-20(21)31(32,33)34/h3-14,23-25H,15H2,1-2H3,(H,35,38). The normalized spacial score (nSPS) is 19.5. The Balaban J connectivity index is 1.43. The second-order valence-corrected chi connectivity index (χ2v) is 12.5. The molecule has 44 heavy (non-hydrogen) atoms. The number of methoxy groups -OCH3 is 1. The Labute approximate surface area is 257 Å². The van der Waals surface area contributed by atoms with Gasteiger partial charge in [-0.25, -0.2) is 4.90 Å². The van der Waals surface area contributed by atoms with Crippen LogP contribution >= 0.6 is 23.1 Å². The topological polar surface area (TPSA) is 97.7 Å². The maximum Gasteiger partial charge on any atom is 0.418 e. The summed E-state index contributed by atoms with van der Waals surface area (Å²) in [5, 5.41) is 1.95. The van der Waals surface area contributed by atoms with E-state index in [0.29, 0.717) is 31.8 Å². The highest BCUT2D eigenvalue weighted by Crippen LogP contribution is 2.54. The smallest absolute Gasteiger partial charge is 0.418 e. The summed E-state index contributed by atoms with van der Waals surface area (Å²) in [5.74, 6) is -3.48. The number of rotatable bonds is 6. The molecule has 3 unspecified atom stereocenters. The van der Waals surface area contributed by atoms with Crippen LogP contribution in [-0.4, -0.2) is 34.6 Å². The van der Waals surface area contributed by atoms with E-state index >= 15 is 0 Å². The number of hydrogen-bond acceptors (Lipinski definition) is 7. The molecule has 3 heterocycles. The van der Waals surface area contributed by atoms with Crippen LogP contribution in [0.1, 0.15) is 27.5 Å². The SMILES string of the molecule is COc1ccc(C2c3sc(=O)n(CC(=O)Nc4ccc(C)cc4)c3SC3C(=O)N(c4ccccc4C(F)(F)F)C(=O)C32)cc1. The highest BCUT2D eigenvalue weighted by molar-refractivity contribution is 8.00. The van der Waals surface area contributed by atoms with Crippen LogP contribution in [0.2, 0.25) is 0 Å². The van der Waals surface area contributed by atoms with Gasteiger partial charge < -0.3 is 10.1 Å². The van der Waals surface area contributed by atoms with Crippen LogP contribution in [-0.2, 0) is 27.1 Å². The van der Waals surface area contributed by atoms with Crippen molar-refractivity contribution in [1.82, 2.24) is 4.57 Å². The molecule has 1 fully saturated rings. The number of hydrogen-bond donors (Lipinski definition) is 1. The van der Waals surface area contributed by atoms with Crippen LogP contribution in [0.3, 0.4) is 0 Å². The van der Waals surface area contributed by atoms with Gasteiger partial charge in [0.1, 0.15) is 17.5 Å². The fourth-order valence-electron chi connectivity index (χ4n) is 5.55. The minimum atomic E-state index is -4.81. The van der Waals surface area contributed by atoms with Crippen molar-refractivity contribution in [3.05, 3.63) is 104 Å². The Morgan fingerprint density at radius 2 is 1.64 bits per heavy atom. The van der Waals surface area contributed by atoms with E-state index in [9.17, 15) is 32.3 Å². The summed E-state index contributed by atoms with van der Waals surface area (Å²) >= 11 is 1.78. The summed E-state index contributed by atoms with van der Waals surface area (Å²) in [6, 6.07) is 18.3. The predicted octanol–water partition coefficient (Wildman–Crippen LogP) is 5.68. The number of imide groups is 1. The Morgan fingerprint density at radius 3 is 2.30 bits per heavy atom. The number of halogens is 3. The second kappa shape index (κ2) is 11.3. The van der Waals surface area contributed by atoms with E-state index in [4.69, 9.17) is 4.74 Å². The number of benzene rings is 3. The molecule has 4 aromatic rings. The second-order valence-electron chi connectivity index (χ2n) is 10.4. The number of nitrogens with one attached hydrogen (secondary N) is 1. The first-order chi connectivity index (χ1) is 21.0. The number of nitrogens with zero attached hydrogens (tertiary/aromatic N) is 2. The molecule has 3 aromatic carbocycles. The summed E-state index contributed by atoms with van der Waals surface area (Å²) in [6.45, 7) is 1.55. The van der Waals surface area contributed by atoms with Gasteiger partial charge in [0.2, 0.25) is 17.7 Å². The van der Waals surface area contributed by atoms with Crippen LogP contribution in [0, 0.1) is 12.8 Å². The number of ether oxygens (including phenoxy) is 1. The lowest BCUT2D eigenvalue weighted by molar-refractivity contribution is -0.137. The first-order valence-electron chi connectivity index (χ1n) is 13.4. The highest BCUT2D eigenvalue weighted by atomic mass is 32.2. The highest BCUT2D eigenvalue weighted by Gasteiger charge is 2.57. The zero-order valence-corrected chi connectivity index (χ0v) is 24.9. The number of amides is 3. The minimum absolute atomic E-state index is 0.327. The maximum atomic E-state index is 14.0. The average Bonchev–Trinajstić information content (AvgIpc) is 3.44. The lowest BCUT2D eigenvalue weighted by atomic mass is 9.83. The van der Waals surface area contributed by atoms with Crippen LogP contribution < -0.4 is 19.8 Å². The van der Waals surface area contributed by atoms with E-state index in [0.717, 1.165) is 40.8 Å². The number of anilines is 2. The van der Waals surface area contributed by atoms with Gasteiger partial charge >= 0.3 is 11.0 Å². The molecule has 1 saturated heterocycles. The van der Waals surface area contributed by atoms with Gasteiger partial charge in [-0.2, -0.15) is 13.2 Å². The fraction of sp³-hybridized carbons (Fsp3) is 0.226. The number of carbonyl (C=O) groups is 3.